The number of fused-ring (bicyclic) bond motifs is 1. The van der Waals surface area contributed by atoms with Gasteiger partial charge in [0.05, 0.1) is 18.3 Å². The molecule has 0 amide bonds. The molecule has 0 saturated heterocycles. The molecule has 138 valence electrons. The molecule has 0 aliphatic heterocycles. The Bertz CT molecular complexity index is 1100. The number of hydrogen-bond donors (Lipinski definition) is 1. The zero-order valence-electron chi connectivity index (χ0n) is 14.9. The van der Waals surface area contributed by atoms with Crippen molar-refractivity contribution >= 4 is 5.65 Å². The maximum absolute atomic E-state index is 13.5. The van der Waals surface area contributed by atoms with Crippen molar-refractivity contribution in [2.75, 3.05) is 0 Å². The molecule has 4 rings (SSSR count). The number of aryl methyl sites for hydroxylation is 1. The highest BCUT2D eigenvalue weighted by Crippen LogP contribution is 2.25. The Hall–Kier alpha value is -3.20. The molecule has 0 saturated carbocycles. The number of pyridine rings is 1. The number of halogens is 1. The molecule has 1 unspecified atom stereocenters. The second-order valence-corrected chi connectivity index (χ2v) is 6.18. The first-order valence-corrected chi connectivity index (χ1v) is 8.59. The maximum atomic E-state index is 13.5. The number of imidazole rings is 1. The lowest BCUT2D eigenvalue weighted by Gasteiger charge is -2.15. The summed E-state index contributed by atoms with van der Waals surface area (Å²) in [5.41, 5.74) is 2.29. The third-order valence-corrected chi connectivity index (χ3v) is 4.31. The van der Waals surface area contributed by atoms with Crippen LogP contribution in [0.2, 0.25) is 0 Å². The van der Waals surface area contributed by atoms with E-state index in [0.29, 0.717) is 47.2 Å². The topological polar surface area (TPSA) is 94.0 Å². The zero-order chi connectivity index (χ0) is 19.0. The van der Waals surface area contributed by atoms with Crippen LogP contribution in [0.4, 0.5) is 4.39 Å². The first-order valence-electron chi connectivity index (χ1n) is 8.59. The summed E-state index contributed by atoms with van der Waals surface area (Å²) in [5.74, 6) is 0.555. The standard InChI is InChI=1S/C18H18FN7O/c1-3-14(27)16-13(21-10-26-18(16)22-11(2)24-26)9-25-8-7-20-17(25)12-5-4-6-15(19)23-12/h4-8,10,14,27H,3,9H2,1-2H3. The van der Waals surface area contributed by atoms with Gasteiger partial charge in [-0.05, 0) is 25.5 Å². The summed E-state index contributed by atoms with van der Waals surface area (Å²) in [6.07, 6.45) is 4.76. The van der Waals surface area contributed by atoms with Crippen LogP contribution in [0, 0.1) is 12.9 Å². The minimum Gasteiger partial charge on any atom is -0.388 e. The Labute approximate surface area is 154 Å². The fraction of sp³-hybridized carbons (Fsp3) is 0.278. The molecule has 27 heavy (non-hydrogen) atoms. The van der Waals surface area contributed by atoms with Crippen LogP contribution < -0.4 is 0 Å². The number of aliphatic hydroxyl groups excluding tert-OH is 1. The normalized spacial score (nSPS) is 12.6. The quantitative estimate of drug-likeness (QED) is 0.544. The number of rotatable bonds is 5. The van der Waals surface area contributed by atoms with Crippen LogP contribution in [-0.2, 0) is 6.54 Å². The molecule has 0 aliphatic carbocycles. The van der Waals surface area contributed by atoms with Gasteiger partial charge in [-0.25, -0.2) is 24.5 Å². The first-order chi connectivity index (χ1) is 13.1. The average molecular weight is 367 g/mol. The molecular weight excluding hydrogens is 349 g/mol. The van der Waals surface area contributed by atoms with Gasteiger partial charge in [0.1, 0.15) is 17.8 Å². The van der Waals surface area contributed by atoms with Crippen molar-refractivity contribution in [1.29, 1.82) is 0 Å². The Morgan fingerprint density at radius 1 is 1.22 bits per heavy atom. The van der Waals surface area contributed by atoms with Crippen LogP contribution in [-0.4, -0.2) is 39.2 Å². The predicted molar refractivity (Wildman–Crippen MR) is 95.3 cm³/mol. The van der Waals surface area contributed by atoms with Gasteiger partial charge in [0.15, 0.2) is 11.5 Å². The molecule has 0 bridgehead atoms. The summed E-state index contributed by atoms with van der Waals surface area (Å²) in [6, 6.07) is 4.57. The van der Waals surface area contributed by atoms with Gasteiger partial charge in [-0.15, -0.1) is 0 Å². The smallest absolute Gasteiger partial charge is 0.213 e. The van der Waals surface area contributed by atoms with E-state index in [9.17, 15) is 9.50 Å². The van der Waals surface area contributed by atoms with Gasteiger partial charge in [-0.2, -0.15) is 9.49 Å². The largest absolute Gasteiger partial charge is 0.388 e. The molecule has 4 aromatic rings. The van der Waals surface area contributed by atoms with E-state index in [1.165, 1.54) is 6.07 Å². The van der Waals surface area contributed by atoms with Gasteiger partial charge in [-0.3, -0.25) is 0 Å². The third-order valence-electron chi connectivity index (χ3n) is 4.31. The van der Waals surface area contributed by atoms with Crippen LogP contribution in [0.5, 0.6) is 0 Å². The second kappa shape index (κ2) is 6.84. The van der Waals surface area contributed by atoms with E-state index >= 15 is 0 Å². The minimum atomic E-state index is -0.723. The highest BCUT2D eigenvalue weighted by Gasteiger charge is 2.20. The Morgan fingerprint density at radius 3 is 2.85 bits per heavy atom. The van der Waals surface area contributed by atoms with Crippen LogP contribution in [0.3, 0.4) is 0 Å². The molecule has 0 spiro atoms. The maximum Gasteiger partial charge on any atom is 0.213 e. The molecule has 0 aliphatic rings. The molecule has 9 heteroatoms. The van der Waals surface area contributed by atoms with Crippen LogP contribution in [0.1, 0.15) is 36.5 Å². The molecule has 1 atom stereocenters. The summed E-state index contributed by atoms with van der Waals surface area (Å²) >= 11 is 0. The first kappa shape index (κ1) is 17.2. The molecule has 8 nitrogen and oxygen atoms in total. The zero-order valence-corrected chi connectivity index (χ0v) is 14.9. The van der Waals surface area contributed by atoms with E-state index in [-0.39, 0.29) is 0 Å². The fourth-order valence-electron chi connectivity index (χ4n) is 3.05. The lowest BCUT2D eigenvalue weighted by Crippen LogP contribution is -2.12. The number of hydrogen-bond acceptors (Lipinski definition) is 6. The number of nitrogens with zero attached hydrogens (tertiary/aromatic N) is 7. The lowest BCUT2D eigenvalue weighted by molar-refractivity contribution is 0.172. The van der Waals surface area contributed by atoms with Crippen molar-refractivity contribution in [3.63, 3.8) is 0 Å². The van der Waals surface area contributed by atoms with Crippen LogP contribution in [0.25, 0.3) is 17.2 Å². The second-order valence-electron chi connectivity index (χ2n) is 6.18. The van der Waals surface area contributed by atoms with E-state index in [1.54, 1.807) is 42.3 Å². The monoisotopic (exact) mass is 367 g/mol. The Balaban J connectivity index is 1.80. The molecule has 0 fully saturated rings. The molecular formula is C18H18FN7O. The van der Waals surface area contributed by atoms with Gasteiger partial charge in [0.2, 0.25) is 5.95 Å². The molecule has 4 aromatic heterocycles. The minimum absolute atomic E-state index is 0.336. The fourth-order valence-corrected chi connectivity index (χ4v) is 3.05. The lowest BCUT2D eigenvalue weighted by atomic mass is 10.1. The third kappa shape index (κ3) is 3.17. The highest BCUT2D eigenvalue weighted by atomic mass is 19.1. The van der Waals surface area contributed by atoms with E-state index in [1.807, 2.05) is 11.5 Å². The molecule has 4 heterocycles. The molecule has 0 aromatic carbocycles. The van der Waals surface area contributed by atoms with Crippen LogP contribution >= 0.6 is 0 Å². The van der Waals surface area contributed by atoms with Gasteiger partial charge in [-0.1, -0.05) is 13.0 Å². The van der Waals surface area contributed by atoms with Crippen molar-refractivity contribution in [3.05, 3.63) is 59.9 Å². The SMILES string of the molecule is CCC(O)c1c(Cn2ccnc2-c2cccc(F)n2)ncn2nc(C)nc12. The number of aromatic nitrogens is 7. The van der Waals surface area contributed by atoms with Crippen LogP contribution in [0.15, 0.2) is 36.9 Å². The van der Waals surface area contributed by atoms with E-state index in [4.69, 9.17) is 0 Å². The van der Waals surface area contributed by atoms with Gasteiger partial charge < -0.3 is 9.67 Å². The van der Waals surface area contributed by atoms with Crippen molar-refractivity contribution in [3.8, 4) is 11.5 Å². The van der Waals surface area contributed by atoms with Crippen molar-refractivity contribution in [2.24, 2.45) is 0 Å². The highest BCUT2D eigenvalue weighted by molar-refractivity contribution is 5.52. The average Bonchev–Trinajstić information content (AvgIpc) is 3.26. The van der Waals surface area contributed by atoms with E-state index < -0.39 is 12.1 Å². The predicted octanol–water partition coefficient (Wildman–Crippen LogP) is 2.32. The van der Waals surface area contributed by atoms with Gasteiger partial charge in [0.25, 0.3) is 0 Å². The molecule has 0 radical (unpaired) electrons. The Kier molecular flexibility index (Phi) is 4.36. The summed E-state index contributed by atoms with van der Waals surface area (Å²) in [5, 5.41) is 14.8. The van der Waals surface area contributed by atoms with Crippen molar-refractivity contribution < 1.29 is 9.50 Å². The summed E-state index contributed by atoms with van der Waals surface area (Å²) in [6.45, 7) is 4.02. The number of aliphatic hydroxyl groups is 1. The van der Waals surface area contributed by atoms with Gasteiger partial charge >= 0.3 is 0 Å². The summed E-state index contributed by atoms with van der Waals surface area (Å²) in [4.78, 5) is 17.1. The van der Waals surface area contributed by atoms with Crippen molar-refractivity contribution in [1.82, 2.24) is 34.1 Å². The Morgan fingerprint density at radius 2 is 2.07 bits per heavy atom. The van der Waals surface area contributed by atoms with Gasteiger partial charge in [0, 0.05) is 18.0 Å². The summed E-state index contributed by atoms with van der Waals surface area (Å²) in [7, 11) is 0. The van der Waals surface area contributed by atoms with Crippen molar-refractivity contribution in [2.45, 2.75) is 32.9 Å². The van der Waals surface area contributed by atoms with E-state index in [0.717, 1.165) is 0 Å². The molecule has 1 N–H and O–H groups in total. The van der Waals surface area contributed by atoms with E-state index in [2.05, 4.69) is 25.0 Å². The summed E-state index contributed by atoms with van der Waals surface area (Å²) < 4.78 is 16.9.